The predicted octanol–water partition coefficient (Wildman–Crippen LogP) is 2.12. The van der Waals surface area contributed by atoms with Crippen molar-refractivity contribution >= 4 is 23.0 Å². The number of aromatic nitrogens is 1. The molecule has 0 spiro atoms. The van der Waals surface area contributed by atoms with Gasteiger partial charge in [0.2, 0.25) is 0 Å². The zero-order valence-electron chi connectivity index (χ0n) is 16.6. The van der Waals surface area contributed by atoms with E-state index in [1.165, 1.54) is 12.1 Å². The highest BCUT2D eigenvalue weighted by Crippen LogP contribution is 2.16. The number of hydrogen-bond donors (Lipinski definition) is 2. The highest BCUT2D eigenvalue weighted by atomic mass is 32.1. The molecule has 1 aliphatic rings. The van der Waals surface area contributed by atoms with Crippen LogP contribution in [0.1, 0.15) is 10.7 Å². The van der Waals surface area contributed by atoms with Gasteiger partial charge in [0, 0.05) is 70.3 Å². The lowest BCUT2D eigenvalue weighted by Crippen LogP contribution is -2.49. The van der Waals surface area contributed by atoms with Gasteiger partial charge in [0.25, 0.3) is 0 Å². The number of benzene rings is 1. The second-order valence-corrected chi connectivity index (χ2v) is 7.90. The summed E-state index contributed by atoms with van der Waals surface area (Å²) < 4.78 is 13.1. The molecule has 2 heterocycles. The van der Waals surface area contributed by atoms with E-state index < -0.39 is 0 Å². The van der Waals surface area contributed by atoms with Crippen LogP contribution in [0.2, 0.25) is 0 Å². The van der Waals surface area contributed by atoms with Crippen LogP contribution in [0.3, 0.4) is 0 Å². The number of guanidine groups is 1. The first-order valence-electron chi connectivity index (χ1n) is 9.72. The third-order valence-electron chi connectivity index (χ3n) is 4.85. The molecule has 152 valence electrons. The van der Waals surface area contributed by atoms with Crippen LogP contribution in [0.25, 0.3) is 0 Å². The van der Waals surface area contributed by atoms with Crippen molar-refractivity contribution in [2.75, 3.05) is 57.8 Å². The topological polar surface area (TPSA) is 55.8 Å². The molecule has 0 atom stereocenters. The van der Waals surface area contributed by atoms with E-state index in [0.29, 0.717) is 0 Å². The van der Waals surface area contributed by atoms with Crippen LogP contribution in [0.15, 0.2) is 34.6 Å². The first-order chi connectivity index (χ1) is 13.6. The van der Waals surface area contributed by atoms with Crippen molar-refractivity contribution in [1.82, 2.24) is 20.5 Å². The Balaban J connectivity index is 1.31. The van der Waals surface area contributed by atoms with Crippen molar-refractivity contribution in [3.05, 3.63) is 46.2 Å². The summed E-state index contributed by atoms with van der Waals surface area (Å²) in [6, 6.07) is 6.77. The molecule has 0 unspecified atom stereocenters. The standard InChI is InChI=1S/C20H29FN6S/c1-16-25-18(15-28-16)7-8-23-20(22-2)24-9-10-26-11-13-27(14-12-26)19-5-3-17(21)4-6-19/h3-6,15H,7-14H2,1-2H3,(H2,22,23,24). The van der Waals surface area contributed by atoms with Crippen LogP contribution in [0, 0.1) is 12.7 Å². The van der Waals surface area contributed by atoms with E-state index in [2.05, 4.69) is 35.8 Å². The van der Waals surface area contributed by atoms with Gasteiger partial charge in [0.05, 0.1) is 10.7 Å². The smallest absolute Gasteiger partial charge is 0.191 e. The fraction of sp³-hybridized carbons (Fsp3) is 0.500. The Labute approximate surface area is 170 Å². The fourth-order valence-electron chi connectivity index (χ4n) is 3.27. The molecule has 1 aromatic heterocycles. The minimum absolute atomic E-state index is 0.183. The fourth-order valence-corrected chi connectivity index (χ4v) is 3.91. The van der Waals surface area contributed by atoms with Crippen molar-refractivity contribution in [2.45, 2.75) is 13.3 Å². The van der Waals surface area contributed by atoms with E-state index >= 15 is 0 Å². The van der Waals surface area contributed by atoms with E-state index in [0.717, 1.165) is 74.6 Å². The van der Waals surface area contributed by atoms with E-state index in [1.54, 1.807) is 18.4 Å². The number of hydrogen-bond acceptors (Lipinski definition) is 5. The Morgan fingerprint density at radius 1 is 1.14 bits per heavy atom. The molecule has 0 radical (unpaired) electrons. The van der Waals surface area contributed by atoms with Crippen molar-refractivity contribution < 1.29 is 4.39 Å². The molecule has 0 aliphatic carbocycles. The van der Waals surface area contributed by atoms with Gasteiger partial charge >= 0.3 is 0 Å². The Bertz CT molecular complexity index is 752. The summed E-state index contributed by atoms with van der Waals surface area (Å²) in [4.78, 5) is 13.5. The van der Waals surface area contributed by atoms with E-state index in [9.17, 15) is 4.39 Å². The number of halogens is 1. The Morgan fingerprint density at radius 3 is 2.50 bits per heavy atom. The zero-order valence-corrected chi connectivity index (χ0v) is 17.4. The highest BCUT2D eigenvalue weighted by molar-refractivity contribution is 7.09. The molecular weight excluding hydrogens is 375 g/mol. The first-order valence-corrected chi connectivity index (χ1v) is 10.6. The summed E-state index contributed by atoms with van der Waals surface area (Å²) in [7, 11) is 1.80. The predicted molar refractivity (Wildman–Crippen MR) is 115 cm³/mol. The van der Waals surface area contributed by atoms with Crippen LogP contribution >= 0.6 is 11.3 Å². The summed E-state index contributed by atoms with van der Waals surface area (Å²) in [5, 5.41) is 9.94. The lowest BCUT2D eigenvalue weighted by atomic mass is 10.2. The second-order valence-electron chi connectivity index (χ2n) is 6.84. The van der Waals surface area contributed by atoms with E-state index in [4.69, 9.17) is 0 Å². The van der Waals surface area contributed by atoms with Gasteiger partial charge in [-0.3, -0.25) is 9.89 Å². The largest absolute Gasteiger partial charge is 0.369 e. The van der Waals surface area contributed by atoms with Crippen LogP contribution in [0.4, 0.5) is 10.1 Å². The molecule has 0 bridgehead atoms. The van der Waals surface area contributed by atoms with Gasteiger partial charge in [0.15, 0.2) is 5.96 Å². The summed E-state index contributed by atoms with van der Waals surface area (Å²) in [6.45, 7) is 8.62. The normalized spacial score (nSPS) is 15.7. The lowest BCUT2D eigenvalue weighted by Gasteiger charge is -2.36. The molecule has 3 rings (SSSR count). The summed E-state index contributed by atoms with van der Waals surface area (Å²) in [5.74, 6) is 0.647. The summed E-state index contributed by atoms with van der Waals surface area (Å²) >= 11 is 1.69. The number of aliphatic imine (C=N–C) groups is 1. The molecular formula is C20H29FN6S. The molecule has 2 aromatic rings. The Morgan fingerprint density at radius 2 is 1.86 bits per heavy atom. The monoisotopic (exact) mass is 404 g/mol. The molecule has 28 heavy (non-hydrogen) atoms. The van der Waals surface area contributed by atoms with Crippen LogP contribution in [0.5, 0.6) is 0 Å². The van der Waals surface area contributed by atoms with E-state index in [-0.39, 0.29) is 5.82 Å². The number of thiazole rings is 1. The minimum Gasteiger partial charge on any atom is -0.369 e. The van der Waals surface area contributed by atoms with Gasteiger partial charge in [0.1, 0.15) is 5.82 Å². The maximum absolute atomic E-state index is 13.1. The van der Waals surface area contributed by atoms with E-state index in [1.807, 2.05) is 19.1 Å². The van der Waals surface area contributed by atoms with Crippen molar-refractivity contribution in [2.24, 2.45) is 4.99 Å². The van der Waals surface area contributed by atoms with Crippen molar-refractivity contribution in [3.63, 3.8) is 0 Å². The summed E-state index contributed by atoms with van der Waals surface area (Å²) in [6.07, 6.45) is 0.899. The number of rotatable bonds is 7. The van der Waals surface area contributed by atoms with Gasteiger partial charge in [-0.25, -0.2) is 9.37 Å². The molecule has 0 saturated carbocycles. The van der Waals surface area contributed by atoms with Gasteiger partial charge in [-0.15, -0.1) is 11.3 Å². The maximum atomic E-state index is 13.1. The summed E-state index contributed by atoms with van der Waals surface area (Å²) in [5.41, 5.74) is 2.23. The van der Waals surface area contributed by atoms with Crippen LogP contribution in [-0.4, -0.2) is 68.7 Å². The molecule has 8 heteroatoms. The number of nitrogens with one attached hydrogen (secondary N) is 2. The van der Waals surface area contributed by atoms with Crippen molar-refractivity contribution in [1.29, 1.82) is 0 Å². The SMILES string of the molecule is CN=C(NCCc1csc(C)n1)NCCN1CCN(c2ccc(F)cc2)CC1. The average molecular weight is 405 g/mol. The number of piperazine rings is 1. The first kappa shape index (κ1) is 20.5. The van der Waals surface area contributed by atoms with Gasteiger partial charge in [-0.05, 0) is 31.2 Å². The highest BCUT2D eigenvalue weighted by Gasteiger charge is 2.16. The van der Waals surface area contributed by atoms with Gasteiger partial charge in [-0.1, -0.05) is 0 Å². The average Bonchev–Trinajstić information content (AvgIpc) is 3.13. The van der Waals surface area contributed by atoms with Crippen LogP contribution in [-0.2, 0) is 6.42 Å². The quantitative estimate of drug-likeness (QED) is 0.547. The second kappa shape index (κ2) is 10.4. The zero-order chi connectivity index (χ0) is 19.8. The molecule has 1 aliphatic heterocycles. The Kier molecular flexibility index (Phi) is 7.62. The third kappa shape index (κ3) is 6.17. The van der Waals surface area contributed by atoms with Gasteiger partial charge < -0.3 is 15.5 Å². The molecule has 1 aromatic carbocycles. The maximum Gasteiger partial charge on any atom is 0.191 e. The molecule has 1 saturated heterocycles. The number of aryl methyl sites for hydroxylation is 1. The number of nitrogens with zero attached hydrogens (tertiary/aromatic N) is 4. The molecule has 0 amide bonds. The number of anilines is 1. The lowest BCUT2D eigenvalue weighted by molar-refractivity contribution is 0.261. The molecule has 1 fully saturated rings. The third-order valence-corrected chi connectivity index (χ3v) is 5.67. The Hall–Kier alpha value is -2.19. The molecule has 2 N–H and O–H groups in total. The van der Waals surface area contributed by atoms with Gasteiger partial charge in [-0.2, -0.15) is 0 Å². The minimum atomic E-state index is -0.183. The van der Waals surface area contributed by atoms with Crippen LogP contribution < -0.4 is 15.5 Å². The molecule has 6 nitrogen and oxygen atoms in total. The van der Waals surface area contributed by atoms with Crippen molar-refractivity contribution in [3.8, 4) is 0 Å².